The van der Waals surface area contributed by atoms with Crippen LogP contribution in [0.2, 0.25) is 0 Å². The summed E-state index contributed by atoms with van der Waals surface area (Å²) in [7, 11) is 0. The molecule has 2 aliphatic rings. The first-order valence-electron chi connectivity index (χ1n) is 8.43. The number of hydrazine groups is 1. The van der Waals surface area contributed by atoms with Gasteiger partial charge in [-0.2, -0.15) is 0 Å². The van der Waals surface area contributed by atoms with Crippen LogP contribution in [0, 0.1) is 5.92 Å². The molecule has 0 bridgehead atoms. The monoisotopic (exact) mass is 272 g/mol. The van der Waals surface area contributed by atoms with Gasteiger partial charge in [0.05, 0.1) is 0 Å². The van der Waals surface area contributed by atoms with Crippen molar-refractivity contribution >= 4 is 0 Å². The van der Waals surface area contributed by atoms with Crippen molar-refractivity contribution in [1.82, 2.24) is 5.43 Å². The first-order valence-corrected chi connectivity index (χ1v) is 8.43. The van der Waals surface area contributed by atoms with Crippen LogP contribution in [0.3, 0.4) is 0 Å². The molecule has 2 heteroatoms. The minimum Gasteiger partial charge on any atom is -0.271 e. The predicted octanol–water partition coefficient (Wildman–Crippen LogP) is 4.43. The van der Waals surface area contributed by atoms with Crippen molar-refractivity contribution in [3.05, 3.63) is 35.4 Å². The van der Waals surface area contributed by atoms with Gasteiger partial charge in [-0.3, -0.25) is 11.3 Å². The minimum absolute atomic E-state index is 0.327. The average Bonchev–Trinajstić information content (AvgIpc) is 2.45. The first-order chi connectivity index (χ1) is 9.86. The lowest BCUT2D eigenvalue weighted by atomic mass is 9.79. The third-order valence-electron chi connectivity index (χ3n) is 5.41. The molecule has 0 aliphatic heterocycles. The van der Waals surface area contributed by atoms with Crippen molar-refractivity contribution in [1.29, 1.82) is 0 Å². The molecular weight excluding hydrogens is 244 g/mol. The molecule has 1 atom stereocenters. The van der Waals surface area contributed by atoms with Gasteiger partial charge in [0.1, 0.15) is 0 Å². The third-order valence-corrected chi connectivity index (χ3v) is 5.41. The lowest BCUT2D eigenvalue weighted by Crippen LogP contribution is -2.30. The van der Waals surface area contributed by atoms with Crippen LogP contribution < -0.4 is 11.3 Å². The Morgan fingerprint density at radius 1 is 0.950 bits per heavy atom. The molecule has 2 aliphatic carbocycles. The Labute approximate surface area is 123 Å². The second-order valence-electron chi connectivity index (χ2n) is 6.75. The molecule has 110 valence electrons. The summed E-state index contributed by atoms with van der Waals surface area (Å²) in [6, 6.07) is 9.56. The fourth-order valence-electron chi connectivity index (χ4n) is 3.80. The van der Waals surface area contributed by atoms with E-state index in [1.807, 2.05) is 0 Å². The summed E-state index contributed by atoms with van der Waals surface area (Å²) in [5.41, 5.74) is 5.93. The predicted molar refractivity (Wildman–Crippen MR) is 84.3 cm³/mol. The Hall–Kier alpha value is -0.860. The zero-order chi connectivity index (χ0) is 13.8. The molecule has 3 N–H and O–H groups in total. The van der Waals surface area contributed by atoms with Crippen LogP contribution in [-0.4, -0.2) is 0 Å². The molecule has 20 heavy (non-hydrogen) atoms. The summed E-state index contributed by atoms with van der Waals surface area (Å²) in [5.74, 6) is 7.49. The molecule has 0 spiro atoms. The summed E-state index contributed by atoms with van der Waals surface area (Å²) >= 11 is 0. The topological polar surface area (TPSA) is 38.0 Å². The Balaban J connectivity index is 1.62. The van der Waals surface area contributed by atoms with E-state index < -0.39 is 0 Å². The summed E-state index contributed by atoms with van der Waals surface area (Å²) in [4.78, 5) is 0. The highest BCUT2D eigenvalue weighted by atomic mass is 15.2. The van der Waals surface area contributed by atoms with Gasteiger partial charge in [0, 0.05) is 6.04 Å². The van der Waals surface area contributed by atoms with Crippen LogP contribution in [-0.2, 0) is 0 Å². The van der Waals surface area contributed by atoms with Crippen molar-refractivity contribution in [2.24, 2.45) is 11.8 Å². The van der Waals surface area contributed by atoms with E-state index >= 15 is 0 Å². The fourth-order valence-corrected chi connectivity index (χ4v) is 3.80. The Bertz CT molecular complexity index is 402. The molecule has 0 heterocycles. The standard InChI is InChI=1S/C18H28N2/c19-20-18(13-14-5-2-1-3-6-14)17-11-9-16(10-12-17)15-7-4-8-15/h9-12,14-15,18,20H,1-8,13,19H2. The van der Waals surface area contributed by atoms with Crippen LogP contribution in [0.25, 0.3) is 0 Å². The van der Waals surface area contributed by atoms with E-state index in [-0.39, 0.29) is 0 Å². The molecule has 3 rings (SSSR count). The third kappa shape index (κ3) is 3.24. The zero-order valence-corrected chi connectivity index (χ0v) is 12.5. The van der Waals surface area contributed by atoms with Crippen molar-refractivity contribution in [3.8, 4) is 0 Å². The molecule has 2 fully saturated rings. The highest BCUT2D eigenvalue weighted by molar-refractivity contribution is 5.28. The first kappa shape index (κ1) is 14.1. The smallest absolute Gasteiger partial charge is 0.0462 e. The SMILES string of the molecule is NNC(CC1CCCCC1)c1ccc(C2CCC2)cc1. The fraction of sp³-hybridized carbons (Fsp3) is 0.667. The Morgan fingerprint density at radius 2 is 1.65 bits per heavy atom. The molecular formula is C18H28N2. The van der Waals surface area contributed by atoms with E-state index in [0.717, 1.165) is 11.8 Å². The van der Waals surface area contributed by atoms with E-state index in [1.165, 1.54) is 68.9 Å². The van der Waals surface area contributed by atoms with E-state index in [0.29, 0.717) is 6.04 Å². The normalized spacial score (nSPS) is 22.4. The molecule has 0 aromatic heterocycles. The highest BCUT2D eigenvalue weighted by Gasteiger charge is 2.21. The Kier molecular flexibility index (Phi) is 4.74. The maximum absolute atomic E-state index is 5.81. The second kappa shape index (κ2) is 6.73. The van der Waals surface area contributed by atoms with Gasteiger partial charge >= 0.3 is 0 Å². The van der Waals surface area contributed by atoms with Gasteiger partial charge in [-0.15, -0.1) is 0 Å². The minimum atomic E-state index is 0.327. The van der Waals surface area contributed by atoms with Gasteiger partial charge in [-0.25, -0.2) is 0 Å². The molecule has 2 saturated carbocycles. The summed E-state index contributed by atoms with van der Waals surface area (Å²) in [5, 5.41) is 0. The average molecular weight is 272 g/mol. The van der Waals surface area contributed by atoms with E-state index in [2.05, 4.69) is 29.7 Å². The maximum atomic E-state index is 5.81. The van der Waals surface area contributed by atoms with Gasteiger partial charge in [-0.1, -0.05) is 62.8 Å². The van der Waals surface area contributed by atoms with Crippen LogP contribution in [0.1, 0.15) is 80.9 Å². The number of hydrogen-bond donors (Lipinski definition) is 2. The molecule has 0 radical (unpaired) electrons. The van der Waals surface area contributed by atoms with Crippen LogP contribution >= 0.6 is 0 Å². The van der Waals surface area contributed by atoms with Crippen molar-refractivity contribution in [2.45, 2.75) is 69.7 Å². The Morgan fingerprint density at radius 3 is 2.20 bits per heavy atom. The van der Waals surface area contributed by atoms with E-state index in [9.17, 15) is 0 Å². The maximum Gasteiger partial charge on any atom is 0.0462 e. The van der Waals surface area contributed by atoms with Crippen molar-refractivity contribution < 1.29 is 0 Å². The molecule has 0 saturated heterocycles. The lowest BCUT2D eigenvalue weighted by Gasteiger charge is -2.28. The van der Waals surface area contributed by atoms with Gasteiger partial charge in [0.15, 0.2) is 0 Å². The number of nitrogens with two attached hydrogens (primary N) is 1. The second-order valence-corrected chi connectivity index (χ2v) is 6.75. The number of benzene rings is 1. The number of nitrogens with one attached hydrogen (secondary N) is 1. The van der Waals surface area contributed by atoms with Crippen LogP contribution in [0.15, 0.2) is 24.3 Å². The van der Waals surface area contributed by atoms with Crippen molar-refractivity contribution in [3.63, 3.8) is 0 Å². The summed E-state index contributed by atoms with van der Waals surface area (Å²) in [6.07, 6.45) is 12.4. The molecule has 1 aromatic rings. The van der Waals surface area contributed by atoms with Gasteiger partial charge in [-0.05, 0) is 42.2 Å². The largest absolute Gasteiger partial charge is 0.271 e. The summed E-state index contributed by atoms with van der Waals surface area (Å²) in [6.45, 7) is 0. The quantitative estimate of drug-likeness (QED) is 0.614. The van der Waals surface area contributed by atoms with Crippen molar-refractivity contribution in [2.75, 3.05) is 0 Å². The number of rotatable bonds is 5. The molecule has 0 amide bonds. The molecule has 1 aromatic carbocycles. The van der Waals surface area contributed by atoms with Gasteiger partial charge < -0.3 is 0 Å². The van der Waals surface area contributed by atoms with Gasteiger partial charge in [0.2, 0.25) is 0 Å². The van der Waals surface area contributed by atoms with Crippen LogP contribution in [0.4, 0.5) is 0 Å². The highest BCUT2D eigenvalue weighted by Crippen LogP contribution is 2.37. The zero-order valence-electron chi connectivity index (χ0n) is 12.5. The lowest BCUT2D eigenvalue weighted by molar-refractivity contribution is 0.301. The molecule has 1 unspecified atom stereocenters. The van der Waals surface area contributed by atoms with Crippen LogP contribution in [0.5, 0.6) is 0 Å². The van der Waals surface area contributed by atoms with Gasteiger partial charge in [0.25, 0.3) is 0 Å². The number of hydrogen-bond acceptors (Lipinski definition) is 2. The summed E-state index contributed by atoms with van der Waals surface area (Å²) < 4.78 is 0. The van der Waals surface area contributed by atoms with E-state index in [4.69, 9.17) is 5.84 Å². The molecule has 2 nitrogen and oxygen atoms in total. The van der Waals surface area contributed by atoms with E-state index in [1.54, 1.807) is 0 Å².